The van der Waals surface area contributed by atoms with E-state index in [2.05, 4.69) is 15.3 Å². The molecule has 2 aromatic carbocycles. The molecule has 0 saturated carbocycles. The van der Waals surface area contributed by atoms with Crippen LogP contribution in [0.25, 0.3) is 11.4 Å². The summed E-state index contributed by atoms with van der Waals surface area (Å²) < 4.78 is 14.9. The zero-order valence-corrected chi connectivity index (χ0v) is 13.9. The van der Waals surface area contributed by atoms with Gasteiger partial charge in [-0.3, -0.25) is 0 Å². The van der Waals surface area contributed by atoms with Crippen LogP contribution in [-0.2, 0) is 0 Å². The second kappa shape index (κ2) is 6.89. The molecule has 0 radical (unpaired) electrons. The van der Waals surface area contributed by atoms with E-state index in [-0.39, 0.29) is 5.82 Å². The minimum Gasteiger partial charge on any atom is -0.250 e. The lowest BCUT2D eigenvalue weighted by atomic mass is 10.2. The number of rotatable bonds is 4. The smallest absolute Gasteiger partial charge is 0.216 e. The van der Waals surface area contributed by atoms with E-state index in [1.165, 1.54) is 21.7 Å². The van der Waals surface area contributed by atoms with Gasteiger partial charge in [-0.2, -0.15) is 14.9 Å². The Morgan fingerprint density at radius 3 is 2.52 bits per heavy atom. The summed E-state index contributed by atoms with van der Waals surface area (Å²) in [4.78, 5) is 1.19. The second-order valence-corrected chi connectivity index (χ2v) is 5.96. The predicted octanol–water partition coefficient (Wildman–Crippen LogP) is 4.35. The molecule has 1 heterocycles. The Labute approximate surface area is 142 Å². The molecule has 0 aliphatic rings. The maximum absolute atomic E-state index is 13.1. The minimum atomic E-state index is -0.299. The summed E-state index contributed by atoms with van der Waals surface area (Å²) in [7, 11) is 0. The monoisotopic (exact) mass is 344 g/mol. The molecule has 116 valence electrons. The van der Waals surface area contributed by atoms with Gasteiger partial charge in [0.1, 0.15) is 5.82 Å². The van der Waals surface area contributed by atoms with Crippen molar-refractivity contribution in [2.24, 2.45) is 5.10 Å². The molecule has 0 fully saturated rings. The van der Waals surface area contributed by atoms with Crippen LogP contribution in [0.3, 0.4) is 0 Å². The lowest BCUT2D eigenvalue weighted by Crippen LogP contribution is -1.95. The molecule has 3 aromatic rings. The van der Waals surface area contributed by atoms with Crippen molar-refractivity contribution in [3.63, 3.8) is 0 Å². The number of nitrogens with one attached hydrogen (secondary N) is 1. The van der Waals surface area contributed by atoms with Crippen LogP contribution in [0.2, 0.25) is 0 Å². The van der Waals surface area contributed by atoms with Gasteiger partial charge < -0.3 is 0 Å². The number of thioether (sulfide) groups is 1. The number of H-pyrrole nitrogens is 1. The Balaban J connectivity index is 1.93. The fourth-order valence-corrected chi connectivity index (χ4v) is 2.59. The van der Waals surface area contributed by atoms with Crippen LogP contribution in [-0.4, -0.2) is 27.3 Å². The normalized spacial score (nSPS) is 11.2. The third kappa shape index (κ3) is 3.57. The van der Waals surface area contributed by atoms with Gasteiger partial charge in [0.2, 0.25) is 4.77 Å². The van der Waals surface area contributed by atoms with Crippen molar-refractivity contribution >= 4 is 30.2 Å². The third-order valence-corrected chi connectivity index (χ3v) is 4.20. The van der Waals surface area contributed by atoms with Gasteiger partial charge in [0.25, 0.3) is 0 Å². The first-order chi connectivity index (χ1) is 11.2. The molecule has 23 heavy (non-hydrogen) atoms. The molecule has 1 N–H and O–H groups in total. The van der Waals surface area contributed by atoms with Crippen molar-refractivity contribution in [1.29, 1.82) is 0 Å². The number of nitrogens with zero attached hydrogens (tertiary/aromatic N) is 3. The molecule has 0 unspecified atom stereocenters. The highest BCUT2D eigenvalue weighted by atomic mass is 32.2. The molecule has 0 atom stereocenters. The molecule has 0 aliphatic carbocycles. The molecular formula is C16H13FN4S2. The van der Waals surface area contributed by atoms with Crippen LogP contribution in [0.4, 0.5) is 4.39 Å². The molecule has 7 heteroatoms. The zero-order valence-electron chi connectivity index (χ0n) is 12.2. The lowest BCUT2D eigenvalue weighted by Gasteiger charge is -2.01. The van der Waals surface area contributed by atoms with E-state index in [1.54, 1.807) is 30.1 Å². The molecule has 0 saturated heterocycles. The molecule has 1 aromatic heterocycles. The Morgan fingerprint density at radius 2 is 1.87 bits per heavy atom. The maximum atomic E-state index is 13.1. The molecular weight excluding hydrogens is 331 g/mol. The Bertz CT molecular complexity index is 880. The SMILES string of the molecule is CSc1ccc(C=Nn2c(-c3ccc(F)cc3)n[nH]c2=S)cc1. The molecule has 0 aliphatic heterocycles. The topological polar surface area (TPSA) is 46.0 Å². The highest BCUT2D eigenvalue weighted by Crippen LogP contribution is 2.18. The quantitative estimate of drug-likeness (QED) is 0.435. The van der Waals surface area contributed by atoms with Crippen molar-refractivity contribution in [1.82, 2.24) is 14.9 Å². The van der Waals surface area contributed by atoms with Crippen molar-refractivity contribution in [2.45, 2.75) is 4.90 Å². The van der Waals surface area contributed by atoms with E-state index in [9.17, 15) is 4.39 Å². The van der Waals surface area contributed by atoms with E-state index in [0.29, 0.717) is 10.6 Å². The Hall–Kier alpha value is -2.25. The number of benzene rings is 2. The number of aromatic amines is 1. The first-order valence-corrected chi connectivity index (χ1v) is 8.42. The number of aromatic nitrogens is 3. The van der Waals surface area contributed by atoms with Gasteiger partial charge in [-0.25, -0.2) is 9.49 Å². The first kappa shape index (κ1) is 15.6. The van der Waals surface area contributed by atoms with Crippen molar-refractivity contribution < 1.29 is 4.39 Å². The summed E-state index contributed by atoms with van der Waals surface area (Å²) in [5.74, 6) is 0.235. The number of hydrogen-bond donors (Lipinski definition) is 1. The van der Waals surface area contributed by atoms with E-state index in [1.807, 2.05) is 30.5 Å². The van der Waals surface area contributed by atoms with E-state index >= 15 is 0 Å². The molecule has 0 amide bonds. The van der Waals surface area contributed by atoms with Crippen molar-refractivity contribution in [2.75, 3.05) is 6.26 Å². The van der Waals surface area contributed by atoms with Crippen LogP contribution in [0.5, 0.6) is 0 Å². The van der Waals surface area contributed by atoms with Gasteiger partial charge in [0.05, 0.1) is 6.21 Å². The van der Waals surface area contributed by atoms with Gasteiger partial charge in [-0.1, -0.05) is 12.1 Å². The minimum absolute atomic E-state index is 0.299. The summed E-state index contributed by atoms with van der Waals surface area (Å²) in [6.45, 7) is 0. The summed E-state index contributed by atoms with van der Waals surface area (Å²) in [5, 5.41) is 11.3. The summed E-state index contributed by atoms with van der Waals surface area (Å²) in [6.07, 6.45) is 3.74. The van der Waals surface area contributed by atoms with Crippen LogP contribution in [0, 0.1) is 10.6 Å². The Kier molecular flexibility index (Phi) is 4.68. The maximum Gasteiger partial charge on any atom is 0.216 e. The van der Waals surface area contributed by atoms with Gasteiger partial charge in [-0.15, -0.1) is 11.8 Å². The molecule has 4 nitrogen and oxygen atoms in total. The average Bonchev–Trinajstić information content (AvgIpc) is 2.95. The summed E-state index contributed by atoms with van der Waals surface area (Å²) in [5.41, 5.74) is 1.68. The standard InChI is InChI=1S/C16H13FN4S2/c1-23-14-8-2-11(3-9-14)10-18-21-15(19-20-16(21)22)12-4-6-13(17)7-5-12/h2-10H,1H3,(H,20,22). The van der Waals surface area contributed by atoms with Gasteiger partial charge >= 0.3 is 0 Å². The predicted molar refractivity (Wildman–Crippen MR) is 94.0 cm³/mol. The fraction of sp³-hybridized carbons (Fsp3) is 0.0625. The van der Waals surface area contributed by atoms with Crippen LogP contribution >= 0.6 is 24.0 Å². The van der Waals surface area contributed by atoms with Gasteiger partial charge in [0.15, 0.2) is 5.82 Å². The largest absolute Gasteiger partial charge is 0.250 e. The summed E-state index contributed by atoms with van der Waals surface area (Å²) >= 11 is 6.89. The highest BCUT2D eigenvalue weighted by Gasteiger charge is 2.08. The number of halogens is 1. The van der Waals surface area contributed by atoms with Crippen LogP contribution in [0.15, 0.2) is 58.5 Å². The molecule has 3 rings (SSSR count). The van der Waals surface area contributed by atoms with Crippen LogP contribution in [0.1, 0.15) is 5.56 Å². The molecule has 0 bridgehead atoms. The fourth-order valence-electron chi connectivity index (χ4n) is 2.00. The summed E-state index contributed by atoms with van der Waals surface area (Å²) in [6, 6.07) is 14.1. The number of hydrogen-bond acceptors (Lipinski definition) is 4. The van der Waals surface area contributed by atoms with E-state index < -0.39 is 0 Å². The van der Waals surface area contributed by atoms with E-state index in [4.69, 9.17) is 12.2 Å². The average molecular weight is 344 g/mol. The Morgan fingerprint density at radius 1 is 1.17 bits per heavy atom. The van der Waals surface area contributed by atoms with Gasteiger partial charge in [-0.05, 0) is 60.4 Å². The highest BCUT2D eigenvalue weighted by molar-refractivity contribution is 7.98. The molecule has 0 spiro atoms. The van der Waals surface area contributed by atoms with Crippen LogP contribution < -0.4 is 0 Å². The zero-order chi connectivity index (χ0) is 16.2. The van der Waals surface area contributed by atoms with Crippen molar-refractivity contribution in [3.8, 4) is 11.4 Å². The second-order valence-electron chi connectivity index (χ2n) is 4.69. The van der Waals surface area contributed by atoms with Gasteiger partial charge in [0, 0.05) is 10.5 Å². The third-order valence-electron chi connectivity index (χ3n) is 3.19. The van der Waals surface area contributed by atoms with Crippen molar-refractivity contribution in [3.05, 3.63) is 64.7 Å². The van der Waals surface area contributed by atoms with E-state index in [0.717, 1.165) is 11.1 Å². The first-order valence-electron chi connectivity index (χ1n) is 6.79. The lowest BCUT2D eigenvalue weighted by molar-refractivity contribution is 0.628.